The molecule has 11 heteroatoms. The SMILES string of the molecule is C=C(C)Cc1ncc(CN2CCCC(c3cc4ccn(C)c4nc3C)C2)s1.CC(=O)Cc1ncc(CN2CCCC(c3cc4ccn(C)c4nc3C)C2)s1. The summed E-state index contributed by atoms with van der Waals surface area (Å²) in [4.78, 5) is 37.7. The van der Waals surface area contributed by atoms with Gasteiger partial charge in [-0.15, -0.1) is 22.7 Å². The Morgan fingerprint density at radius 3 is 1.67 bits per heavy atom. The van der Waals surface area contributed by atoms with E-state index in [-0.39, 0.29) is 5.78 Å². The lowest BCUT2D eigenvalue weighted by Crippen LogP contribution is -2.34. The monoisotopic (exact) mass is 762 g/mol. The molecule has 6 aromatic heterocycles. The van der Waals surface area contributed by atoms with Gasteiger partial charge in [0.15, 0.2) is 0 Å². The van der Waals surface area contributed by atoms with Crippen LogP contribution in [-0.2, 0) is 44.8 Å². The van der Waals surface area contributed by atoms with Gasteiger partial charge in [-0.1, -0.05) is 12.2 Å². The maximum atomic E-state index is 11.3. The van der Waals surface area contributed by atoms with E-state index in [0.717, 1.165) is 61.1 Å². The summed E-state index contributed by atoms with van der Waals surface area (Å²) in [5, 5.41) is 4.59. The van der Waals surface area contributed by atoms with Gasteiger partial charge >= 0.3 is 0 Å². The zero-order valence-electron chi connectivity index (χ0n) is 32.8. The number of pyridine rings is 2. The Morgan fingerprint density at radius 1 is 0.759 bits per heavy atom. The van der Waals surface area contributed by atoms with Crippen molar-refractivity contribution < 1.29 is 4.79 Å². The second-order valence-corrected chi connectivity index (χ2v) is 18.0. The summed E-state index contributed by atoms with van der Waals surface area (Å²) < 4.78 is 4.19. The van der Waals surface area contributed by atoms with Crippen LogP contribution in [0.2, 0.25) is 0 Å². The molecule has 0 saturated carbocycles. The number of hydrogen-bond acceptors (Lipinski definition) is 9. The van der Waals surface area contributed by atoms with Gasteiger partial charge in [-0.05, 0) is 114 Å². The molecule has 0 N–H and O–H groups in total. The zero-order valence-corrected chi connectivity index (χ0v) is 34.4. The molecule has 8 rings (SSSR count). The molecule has 0 amide bonds. The van der Waals surface area contributed by atoms with Gasteiger partial charge in [-0.3, -0.25) is 14.6 Å². The number of aryl methyl sites for hydroxylation is 4. The number of rotatable bonds is 10. The number of aromatic nitrogens is 6. The van der Waals surface area contributed by atoms with Gasteiger partial charge in [0.1, 0.15) is 22.1 Å². The van der Waals surface area contributed by atoms with Crippen molar-refractivity contribution in [2.45, 2.75) is 91.1 Å². The number of piperidine rings is 2. The van der Waals surface area contributed by atoms with Crippen LogP contribution in [0.15, 0.2) is 61.2 Å². The molecular formula is C43H54N8OS2. The summed E-state index contributed by atoms with van der Waals surface area (Å²) >= 11 is 3.50. The van der Waals surface area contributed by atoms with Crippen LogP contribution in [0, 0.1) is 13.8 Å². The lowest BCUT2D eigenvalue weighted by atomic mass is 9.89. The Kier molecular flexibility index (Phi) is 11.9. The van der Waals surface area contributed by atoms with Gasteiger partial charge < -0.3 is 9.13 Å². The Morgan fingerprint density at radius 2 is 1.22 bits per heavy atom. The third kappa shape index (κ3) is 9.08. The molecule has 8 heterocycles. The van der Waals surface area contributed by atoms with E-state index in [0.29, 0.717) is 18.3 Å². The number of ketones is 1. The molecular weight excluding hydrogens is 709 g/mol. The van der Waals surface area contributed by atoms with Gasteiger partial charge in [0.2, 0.25) is 0 Å². The molecule has 2 fully saturated rings. The molecule has 0 aromatic carbocycles. The van der Waals surface area contributed by atoms with Gasteiger partial charge in [0, 0.05) is 103 Å². The molecule has 54 heavy (non-hydrogen) atoms. The number of nitrogens with zero attached hydrogens (tertiary/aromatic N) is 8. The lowest BCUT2D eigenvalue weighted by molar-refractivity contribution is -0.116. The zero-order chi connectivity index (χ0) is 37.9. The molecule has 0 bridgehead atoms. The fourth-order valence-electron chi connectivity index (χ4n) is 8.23. The number of thiazole rings is 2. The van der Waals surface area contributed by atoms with E-state index in [2.05, 4.69) is 106 Å². The Bertz CT molecular complexity index is 2100. The molecule has 2 atom stereocenters. The first-order valence-electron chi connectivity index (χ1n) is 19.3. The van der Waals surface area contributed by atoms with Crippen LogP contribution in [0.5, 0.6) is 0 Å². The van der Waals surface area contributed by atoms with E-state index in [9.17, 15) is 4.79 Å². The van der Waals surface area contributed by atoms with Gasteiger partial charge in [0.25, 0.3) is 0 Å². The highest BCUT2D eigenvalue weighted by molar-refractivity contribution is 7.11. The summed E-state index contributed by atoms with van der Waals surface area (Å²) in [7, 11) is 4.11. The van der Waals surface area contributed by atoms with Crippen LogP contribution in [0.4, 0.5) is 0 Å². The summed E-state index contributed by atoms with van der Waals surface area (Å²) in [5.41, 5.74) is 8.46. The van der Waals surface area contributed by atoms with Crippen LogP contribution < -0.4 is 0 Å². The van der Waals surface area contributed by atoms with Crippen molar-refractivity contribution in [3.05, 3.63) is 103 Å². The second kappa shape index (κ2) is 16.8. The van der Waals surface area contributed by atoms with Crippen molar-refractivity contribution in [3.8, 4) is 0 Å². The Hall–Kier alpha value is -4.03. The van der Waals surface area contributed by atoms with Crippen molar-refractivity contribution in [2.75, 3.05) is 26.2 Å². The van der Waals surface area contributed by atoms with Crippen molar-refractivity contribution in [2.24, 2.45) is 14.1 Å². The highest BCUT2D eigenvalue weighted by Crippen LogP contribution is 2.33. The first-order valence-corrected chi connectivity index (χ1v) is 20.9. The molecule has 2 aliphatic rings. The second-order valence-electron chi connectivity index (χ2n) is 15.6. The normalized spacial score (nSPS) is 18.3. The average Bonchev–Trinajstić information content (AvgIpc) is 3.93. The van der Waals surface area contributed by atoms with Crippen LogP contribution >= 0.6 is 22.7 Å². The molecule has 6 aromatic rings. The molecule has 0 aliphatic carbocycles. The minimum atomic E-state index is 0.174. The highest BCUT2D eigenvalue weighted by Gasteiger charge is 2.26. The topological polar surface area (TPSA) is 85.0 Å². The Labute approximate surface area is 327 Å². The van der Waals surface area contributed by atoms with Crippen molar-refractivity contribution in [1.29, 1.82) is 0 Å². The minimum absolute atomic E-state index is 0.174. The third-order valence-corrected chi connectivity index (χ3v) is 12.8. The molecule has 9 nitrogen and oxygen atoms in total. The maximum Gasteiger partial charge on any atom is 0.139 e. The van der Waals surface area contributed by atoms with E-state index < -0.39 is 0 Å². The quantitative estimate of drug-likeness (QED) is 0.129. The fourth-order valence-corrected chi connectivity index (χ4v) is 10.3. The molecule has 2 saturated heterocycles. The lowest BCUT2D eigenvalue weighted by Gasteiger charge is -2.33. The molecule has 2 aliphatic heterocycles. The number of Topliss-reactive ketones (excluding diaryl/α,β-unsaturated/α-hetero) is 1. The fraction of sp³-hybridized carbons (Fsp3) is 0.465. The molecule has 0 radical (unpaired) electrons. The standard InChI is InChI=1S/C22H28N4S.C21H26N4OS/c1-15(2)10-21-23-12-19(27-21)14-26-8-5-6-18(13-26)20-11-17-7-9-25(4)22(17)24-16(20)3;1-14(26)9-20-22-11-18(27-20)13-25-7-4-5-17(12-25)19-10-16-6-8-24(3)21(16)23-15(19)2/h7,9,11-12,18H,1,5-6,8,10,13-14H2,2-4H3;6,8,10-11,17H,4-5,7,9,12-13H2,1-3H3. The minimum Gasteiger partial charge on any atom is -0.336 e. The molecule has 0 spiro atoms. The molecule has 284 valence electrons. The number of fused-ring (bicyclic) bond motifs is 2. The predicted molar refractivity (Wildman–Crippen MR) is 223 cm³/mol. The average molecular weight is 763 g/mol. The van der Waals surface area contributed by atoms with E-state index in [1.165, 1.54) is 80.2 Å². The van der Waals surface area contributed by atoms with Crippen LogP contribution in [-0.4, -0.2) is 70.8 Å². The summed E-state index contributed by atoms with van der Waals surface area (Å²) in [6.07, 6.45) is 14.4. The van der Waals surface area contributed by atoms with E-state index in [1.807, 2.05) is 24.6 Å². The van der Waals surface area contributed by atoms with Crippen molar-refractivity contribution >= 4 is 50.5 Å². The van der Waals surface area contributed by atoms with E-state index >= 15 is 0 Å². The van der Waals surface area contributed by atoms with Crippen LogP contribution in [0.3, 0.4) is 0 Å². The van der Waals surface area contributed by atoms with Gasteiger partial charge in [-0.25, -0.2) is 19.9 Å². The van der Waals surface area contributed by atoms with Gasteiger partial charge in [0.05, 0.1) is 11.4 Å². The van der Waals surface area contributed by atoms with Crippen LogP contribution in [0.25, 0.3) is 22.1 Å². The Balaban J connectivity index is 0.000000167. The number of allylic oxidation sites excluding steroid dienone is 1. The highest BCUT2D eigenvalue weighted by atomic mass is 32.1. The predicted octanol–water partition coefficient (Wildman–Crippen LogP) is 8.69. The third-order valence-electron chi connectivity index (χ3n) is 10.9. The van der Waals surface area contributed by atoms with E-state index in [1.54, 1.807) is 18.3 Å². The largest absolute Gasteiger partial charge is 0.336 e. The number of carbonyl (C=O) groups is 1. The number of hydrogen-bond donors (Lipinski definition) is 0. The van der Waals surface area contributed by atoms with Crippen LogP contribution in [0.1, 0.15) is 93.7 Å². The van der Waals surface area contributed by atoms with Crippen molar-refractivity contribution in [3.63, 3.8) is 0 Å². The first kappa shape index (κ1) is 38.3. The first-order chi connectivity index (χ1) is 26.0. The number of carbonyl (C=O) groups excluding carboxylic acids is 1. The molecule has 2 unspecified atom stereocenters. The summed E-state index contributed by atoms with van der Waals surface area (Å²) in [6, 6.07) is 9.03. The summed E-state index contributed by atoms with van der Waals surface area (Å²) in [5.74, 6) is 1.27. The van der Waals surface area contributed by atoms with Gasteiger partial charge in [-0.2, -0.15) is 0 Å². The van der Waals surface area contributed by atoms with Crippen molar-refractivity contribution in [1.82, 2.24) is 38.9 Å². The number of likely N-dealkylation sites (tertiary alicyclic amines) is 2. The summed E-state index contributed by atoms with van der Waals surface area (Å²) in [6.45, 7) is 18.4. The van der Waals surface area contributed by atoms with E-state index in [4.69, 9.17) is 9.97 Å². The smallest absolute Gasteiger partial charge is 0.139 e. The maximum absolute atomic E-state index is 11.3.